The molecule has 0 rings (SSSR count). The maximum Gasteiger partial charge on any atom is 0.394 e. The van der Waals surface area contributed by atoms with E-state index in [-0.39, 0.29) is 102 Å². The van der Waals surface area contributed by atoms with Gasteiger partial charge in [0.1, 0.15) is 0 Å². The van der Waals surface area contributed by atoms with Crippen molar-refractivity contribution in [3.63, 3.8) is 0 Å². The minimum Gasteiger partial charge on any atom is -0.264 e. The minimum atomic E-state index is -4.67. The molecule has 0 unspecified atom stereocenters. The Morgan fingerprint density at radius 2 is 0.727 bits per heavy atom. The van der Waals surface area contributed by atoms with Gasteiger partial charge in [-0.1, -0.05) is 0 Å². The molecule has 0 aromatic rings. The van der Waals surface area contributed by atoms with Crippen LogP contribution in [-0.4, -0.2) is 17.5 Å². The summed E-state index contributed by atoms with van der Waals surface area (Å²) in [4.78, 5) is 0. The molecule has 0 saturated carbocycles. The summed E-state index contributed by atoms with van der Waals surface area (Å²) < 4.78 is 31.6. The Balaban J connectivity index is -0.00000000533. The van der Waals surface area contributed by atoms with Crippen molar-refractivity contribution in [1.82, 2.24) is 0 Å². The van der Waals surface area contributed by atoms with E-state index in [0.717, 1.165) is 0 Å². The molecule has 0 amide bonds. The first-order chi connectivity index (χ1) is 2.00. The smallest absolute Gasteiger partial charge is 0.264 e. The Hall–Kier alpha value is 2.80. The molecule has 0 aromatic carbocycles. The van der Waals surface area contributed by atoms with Gasteiger partial charge in [0, 0.05) is 52.4 Å². The van der Waals surface area contributed by atoms with Gasteiger partial charge >= 0.3 is 10.4 Å². The van der Waals surface area contributed by atoms with Crippen LogP contribution in [0.3, 0.4) is 0 Å². The monoisotopic (exact) mass is 422 g/mol. The van der Waals surface area contributed by atoms with Crippen molar-refractivity contribution in [2.24, 2.45) is 0 Å². The molecule has 0 spiro atoms. The Morgan fingerprint density at radius 1 is 0.727 bits per heavy atom. The SMILES string of the molecule is Cl.Cl.Cl.Cl.O=S(=O)(O)O.[Zr].[Zr]. The van der Waals surface area contributed by atoms with Crippen LogP contribution in [0.2, 0.25) is 0 Å². The molecular weight excluding hydrogens is 420 g/mol. The van der Waals surface area contributed by atoms with Gasteiger partial charge in [-0.05, 0) is 0 Å². The van der Waals surface area contributed by atoms with Crippen molar-refractivity contribution < 1.29 is 69.9 Å². The second-order valence-electron chi connectivity index (χ2n) is 0.448. The van der Waals surface area contributed by atoms with Crippen molar-refractivity contribution in [2.75, 3.05) is 0 Å². The summed E-state index contributed by atoms with van der Waals surface area (Å²) >= 11 is 0. The Labute approximate surface area is 128 Å². The van der Waals surface area contributed by atoms with Crippen LogP contribution in [0, 0.1) is 0 Å². The molecule has 0 fully saturated rings. The molecule has 4 nitrogen and oxygen atoms in total. The first-order valence-corrected chi connectivity index (χ1v) is 2.10. The predicted octanol–water partition coefficient (Wildman–Crippen LogP) is 1.03. The van der Waals surface area contributed by atoms with E-state index < -0.39 is 10.4 Å². The van der Waals surface area contributed by atoms with Gasteiger partial charge in [-0.25, -0.2) is 0 Å². The fourth-order valence-electron chi connectivity index (χ4n) is 0. The summed E-state index contributed by atoms with van der Waals surface area (Å²) in [6.07, 6.45) is 0. The van der Waals surface area contributed by atoms with E-state index in [9.17, 15) is 0 Å². The summed E-state index contributed by atoms with van der Waals surface area (Å²) in [7, 11) is -4.67. The standard InChI is InChI=1S/4ClH.H2O4S.2Zr/c;;;;1-5(2,3)4;;/h4*1H;(H2,1,2,3,4);;. The molecule has 0 aromatic heterocycles. The van der Waals surface area contributed by atoms with Crippen LogP contribution in [0.25, 0.3) is 0 Å². The summed E-state index contributed by atoms with van der Waals surface area (Å²) in [6.45, 7) is 0. The predicted molar refractivity (Wildman–Crippen MR) is 43.2 cm³/mol. The summed E-state index contributed by atoms with van der Waals surface area (Å²) in [6, 6.07) is 0. The Bertz CT molecular complexity index is 103. The van der Waals surface area contributed by atoms with Gasteiger partial charge in [0.15, 0.2) is 0 Å². The summed E-state index contributed by atoms with van der Waals surface area (Å²) in [5.74, 6) is 0. The van der Waals surface area contributed by atoms with E-state index in [1.54, 1.807) is 0 Å². The van der Waals surface area contributed by atoms with Crippen LogP contribution in [0.5, 0.6) is 0 Å². The summed E-state index contributed by atoms with van der Waals surface area (Å²) in [5.41, 5.74) is 0. The Morgan fingerprint density at radius 3 is 0.727 bits per heavy atom. The van der Waals surface area contributed by atoms with Gasteiger partial charge in [-0.15, -0.1) is 49.6 Å². The number of hydrogen-bond donors (Lipinski definition) is 2. The maximum absolute atomic E-state index is 8.74. The van der Waals surface area contributed by atoms with Crippen molar-refractivity contribution >= 4 is 60.0 Å². The third kappa shape index (κ3) is 191. The molecule has 0 radical (unpaired) electrons. The Kier molecular flexibility index (Phi) is 102. The second-order valence-corrected chi connectivity index (χ2v) is 1.34. The van der Waals surface area contributed by atoms with Crippen LogP contribution >= 0.6 is 49.6 Å². The first kappa shape index (κ1) is 48.9. The van der Waals surface area contributed by atoms with Gasteiger partial charge in [0.05, 0.1) is 0 Å². The van der Waals surface area contributed by atoms with Crippen LogP contribution in [0.15, 0.2) is 0 Å². The van der Waals surface area contributed by atoms with E-state index in [1.165, 1.54) is 0 Å². The normalized spacial score (nSPS) is 5.27. The van der Waals surface area contributed by atoms with Gasteiger partial charge in [-0.2, -0.15) is 8.42 Å². The average molecular weight is 426 g/mol. The van der Waals surface area contributed by atoms with E-state index in [4.69, 9.17) is 17.5 Å². The van der Waals surface area contributed by atoms with Crippen LogP contribution in [0.1, 0.15) is 0 Å². The van der Waals surface area contributed by atoms with E-state index >= 15 is 0 Å². The molecular formula is H6Cl4O4SZr2. The van der Waals surface area contributed by atoms with Crippen LogP contribution in [-0.2, 0) is 62.8 Å². The zero-order valence-corrected chi connectivity index (χ0v) is 13.8. The number of halogens is 4. The van der Waals surface area contributed by atoms with Gasteiger partial charge < -0.3 is 0 Å². The number of hydrogen-bond acceptors (Lipinski definition) is 2. The van der Waals surface area contributed by atoms with Crippen LogP contribution < -0.4 is 0 Å². The average Bonchev–Trinajstić information content (AvgIpc) is 0.722. The maximum atomic E-state index is 8.74. The van der Waals surface area contributed by atoms with Crippen molar-refractivity contribution in [1.29, 1.82) is 0 Å². The fraction of sp³-hybridized carbons (Fsp3) is 0. The molecule has 11 heteroatoms. The zero-order valence-electron chi connectivity index (χ0n) is 4.75. The topological polar surface area (TPSA) is 74.6 Å². The van der Waals surface area contributed by atoms with Gasteiger partial charge in [-0.3, -0.25) is 9.11 Å². The molecule has 2 N–H and O–H groups in total. The molecule has 72 valence electrons. The molecule has 0 aliphatic carbocycles. The molecule has 0 atom stereocenters. The number of rotatable bonds is 0. The van der Waals surface area contributed by atoms with Gasteiger partial charge in [0.25, 0.3) is 0 Å². The van der Waals surface area contributed by atoms with Crippen molar-refractivity contribution in [3.8, 4) is 0 Å². The zero-order chi connectivity index (χ0) is 4.50. The van der Waals surface area contributed by atoms with Crippen molar-refractivity contribution in [2.45, 2.75) is 0 Å². The molecule has 0 aliphatic rings. The first-order valence-electron chi connectivity index (χ1n) is 0.698. The van der Waals surface area contributed by atoms with Gasteiger partial charge in [0.2, 0.25) is 0 Å². The minimum absolute atomic E-state index is 0. The summed E-state index contributed by atoms with van der Waals surface area (Å²) in [5, 5.41) is 0. The molecule has 11 heavy (non-hydrogen) atoms. The van der Waals surface area contributed by atoms with E-state index in [0.29, 0.717) is 0 Å². The third-order valence-electron chi connectivity index (χ3n) is 0. The third-order valence-corrected chi connectivity index (χ3v) is 0. The quantitative estimate of drug-likeness (QED) is 0.568. The molecule has 0 bridgehead atoms. The molecule has 0 aliphatic heterocycles. The molecule has 0 saturated heterocycles. The van der Waals surface area contributed by atoms with E-state index in [2.05, 4.69) is 0 Å². The second kappa shape index (κ2) is 23.0. The van der Waals surface area contributed by atoms with E-state index in [1.807, 2.05) is 0 Å². The fourth-order valence-corrected chi connectivity index (χ4v) is 0. The molecule has 0 heterocycles. The van der Waals surface area contributed by atoms with Crippen molar-refractivity contribution in [3.05, 3.63) is 0 Å². The van der Waals surface area contributed by atoms with Crippen LogP contribution in [0.4, 0.5) is 0 Å². The largest absolute Gasteiger partial charge is 0.394 e.